The van der Waals surface area contributed by atoms with Gasteiger partial charge in [-0.25, -0.2) is 4.68 Å². The van der Waals surface area contributed by atoms with Gasteiger partial charge in [0.05, 0.1) is 17.8 Å². The average Bonchev–Trinajstić information content (AvgIpc) is 3.16. The zero-order valence-corrected chi connectivity index (χ0v) is 10.8. The van der Waals surface area contributed by atoms with Crippen LogP contribution in [-0.2, 0) is 11.3 Å². The Morgan fingerprint density at radius 2 is 2.33 bits per heavy atom. The maximum atomic E-state index is 12.1. The van der Waals surface area contributed by atoms with Gasteiger partial charge in [-0.15, -0.1) is 0 Å². The second-order valence-electron chi connectivity index (χ2n) is 4.32. The lowest BCUT2D eigenvalue weighted by Gasteiger charge is -2.09. The highest BCUT2D eigenvalue weighted by atomic mass is 35.5. The topological polar surface area (TPSA) is 76.0 Å². The summed E-state index contributed by atoms with van der Waals surface area (Å²) in [6.45, 7) is 0.629. The van der Waals surface area contributed by atoms with E-state index in [-0.39, 0.29) is 28.7 Å². The van der Waals surface area contributed by atoms with Crippen molar-refractivity contribution >= 4 is 23.2 Å². The van der Waals surface area contributed by atoms with Gasteiger partial charge in [-0.1, -0.05) is 11.6 Å². The SMILES string of the molecule is CNC(=O)CNc1c(Cl)cnn(CC2CC2)c1=O. The number of carbonyl (C=O) groups excluding carboxylic acids is 1. The van der Waals surface area contributed by atoms with Crippen LogP contribution in [0.15, 0.2) is 11.0 Å². The standard InChI is InChI=1S/C11H15ClN4O2/c1-13-9(17)5-14-10-8(12)4-15-16(11(10)18)6-7-2-3-7/h4,7,14H,2-3,5-6H2,1H3,(H,13,17). The molecule has 0 atom stereocenters. The summed E-state index contributed by atoms with van der Waals surface area (Å²) in [7, 11) is 1.53. The van der Waals surface area contributed by atoms with E-state index < -0.39 is 0 Å². The van der Waals surface area contributed by atoms with Crippen LogP contribution in [0.25, 0.3) is 0 Å². The Bertz CT molecular complexity index is 510. The predicted octanol–water partition coefficient (Wildman–Crippen LogP) is 0.465. The second kappa shape index (κ2) is 5.39. The van der Waals surface area contributed by atoms with Crippen molar-refractivity contribution in [3.63, 3.8) is 0 Å². The molecule has 2 N–H and O–H groups in total. The fourth-order valence-electron chi connectivity index (χ4n) is 1.56. The summed E-state index contributed by atoms with van der Waals surface area (Å²) < 4.78 is 1.40. The Morgan fingerprint density at radius 1 is 1.61 bits per heavy atom. The van der Waals surface area contributed by atoms with Crippen molar-refractivity contribution in [2.75, 3.05) is 18.9 Å². The van der Waals surface area contributed by atoms with Gasteiger partial charge < -0.3 is 10.6 Å². The predicted molar refractivity (Wildman–Crippen MR) is 68.8 cm³/mol. The summed E-state index contributed by atoms with van der Waals surface area (Å²) in [5.74, 6) is 0.333. The van der Waals surface area contributed by atoms with Crippen molar-refractivity contribution in [3.05, 3.63) is 21.6 Å². The molecule has 1 aromatic heterocycles. The minimum Gasteiger partial charge on any atom is -0.370 e. The number of hydrogen-bond donors (Lipinski definition) is 2. The fraction of sp³-hybridized carbons (Fsp3) is 0.545. The second-order valence-corrected chi connectivity index (χ2v) is 4.73. The van der Waals surface area contributed by atoms with Crippen molar-refractivity contribution < 1.29 is 4.79 Å². The minimum atomic E-state index is -0.279. The number of hydrogen-bond acceptors (Lipinski definition) is 4. The van der Waals surface area contributed by atoms with E-state index in [2.05, 4.69) is 15.7 Å². The van der Waals surface area contributed by atoms with Crippen molar-refractivity contribution in [2.24, 2.45) is 5.92 Å². The molecule has 0 unspecified atom stereocenters. The van der Waals surface area contributed by atoms with E-state index in [4.69, 9.17) is 11.6 Å². The Morgan fingerprint density at radius 3 is 2.94 bits per heavy atom. The molecule has 98 valence electrons. The molecule has 0 bridgehead atoms. The first-order valence-corrected chi connectivity index (χ1v) is 6.19. The highest BCUT2D eigenvalue weighted by Gasteiger charge is 2.23. The monoisotopic (exact) mass is 270 g/mol. The number of halogens is 1. The average molecular weight is 271 g/mol. The first-order valence-electron chi connectivity index (χ1n) is 5.82. The number of anilines is 1. The van der Waals surface area contributed by atoms with Gasteiger partial charge >= 0.3 is 0 Å². The zero-order chi connectivity index (χ0) is 13.1. The zero-order valence-electron chi connectivity index (χ0n) is 10.1. The Kier molecular flexibility index (Phi) is 3.86. The highest BCUT2D eigenvalue weighted by molar-refractivity contribution is 6.33. The molecule has 1 aliphatic carbocycles. The van der Waals surface area contributed by atoms with E-state index in [1.54, 1.807) is 0 Å². The first kappa shape index (κ1) is 12.9. The molecule has 1 fully saturated rings. The summed E-state index contributed by atoms with van der Waals surface area (Å²) in [4.78, 5) is 23.2. The summed E-state index contributed by atoms with van der Waals surface area (Å²) in [6.07, 6.45) is 3.70. The van der Waals surface area contributed by atoms with Crippen LogP contribution in [0.4, 0.5) is 5.69 Å². The van der Waals surface area contributed by atoms with Gasteiger partial charge in [0.2, 0.25) is 5.91 Å². The normalized spacial score (nSPS) is 14.3. The molecule has 1 heterocycles. The quantitative estimate of drug-likeness (QED) is 0.815. The molecule has 0 saturated heterocycles. The van der Waals surface area contributed by atoms with Gasteiger partial charge in [0.15, 0.2) is 0 Å². The molecule has 18 heavy (non-hydrogen) atoms. The smallest absolute Gasteiger partial charge is 0.291 e. The molecule has 1 aromatic rings. The Balaban J connectivity index is 2.16. The third-order valence-electron chi connectivity index (χ3n) is 2.83. The lowest BCUT2D eigenvalue weighted by molar-refractivity contribution is -0.118. The van der Waals surface area contributed by atoms with Gasteiger partial charge in [-0.05, 0) is 18.8 Å². The number of aromatic nitrogens is 2. The summed E-state index contributed by atoms with van der Waals surface area (Å²) in [5, 5.41) is 9.44. The molecule has 0 aromatic carbocycles. The van der Waals surface area contributed by atoms with Gasteiger partial charge in [0.25, 0.3) is 5.56 Å². The van der Waals surface area contributed by atoms with Crippen LogP contribution in [0.2, 0.25) is 5.02 Å². The largest absolute Gasteiger partial charge is 0.370 e. The molecular weight excluding hydrogens is 256 g/mol. The lowest BCUT2D eigenvalue weighted by Crippen LogP contribution is -2.31. The van der Waals surface area contributed by atoms with Gasteiger partial charge in [0, 0.05) is 13.6 Å². The number of likely N-dealkylation sites (N-methyl/N-ethyl adjacent to an activating group) is 1. The molecule has 1 amide bonds. The van der Waals surface area contributed by atoms with Crippen molar-refractivity contribution in [3.8, 4) is 0 Å². The number of nitrogens with zero attached hydrogens (tertiary/aromatic N) is 2. The van der Waals surface area contributed by atoms with E-state index in [0.717, 1.165) is 12.8 Å². The molecule has 0 aliphatic heterocycles. The first-order chi connectivity index (χ1) is 8.61. The van der Waals surface area contributed by atoms with E-state index >= 15 is 0 Å². The molecule has 0 radical (unpaired) electrons. The van der Waals surface area contributed by atoms with Crippen LogP contribution < -0.4 is 16.2 Å². The molecule has 0 spiro atoms. The van der Waals surface area contributed by atoms with Gasteiger partial charge in [-0.2, -0.15) is 5.10 Å². The molecule has 7 heteroatoms. The highest BCUT2D eigenvalue weighted by Crippen LogP contribution is 2.30. The van der Waals surface area contributed by atoms with Gasteiger partial charge in [0.1, 0.15) is 5.69 Å². The van der Waals surface area contributed by atoms with E-state index in [1.807, 2.05) is 0 Å². The summed E-state index contributed by atoms with van der Waals surface area (Å²) in [6, 6.07) is 0. The number of carbonyl (C=O) groups is 1. The fourth-order valence-corrected chi connectivity index (χ4v) is 1.75. The van der Waals surface area contributed by atoms with Crippen molar-refractivity contribution in [2.45, 2.75) is 19.4 Å². The summed E-state index contributed by atoms with van der Waals surface area (Å²) >= 11 is 5.91. The van der Waals surface area contributed by atoms with Crippen LogP contribution >= 0.6 is 11.6 Å². The molecule has 1 saturated carbocycles. The van der Waals surface area contributed by atoms with E-state index in [9.17, 15) is 9.59 Å². The van der Waals surface area contributed by atoms with Crippen LogP contribution in [0.5, 0.6) is 0 Å². The van der Waals surface area contributed by atoms with E-state index in [0.29, 0.717) is 12.5 Å². The maximum Gasteiger partial charge on any atom is 0.291 e. The van der Waals surface area contributed by atoms with Crippen LogP contribution in [0.1, 0.15) is 12.8 Å². The number of amides is 1. The Hall–Kier alpha value is -1.56. The third-order valence-corrected chi connectivity index (χ3v) is 3.12. The van der Waals surface area contributed by atoms with Crippen molar-refractivity contribution in [1.29, 1.82) is 0 Å². The molecule has 2 rings (SSSR count). The molecule has 1 aliphatic rings. The van der Waals surface area contributed by atoms with Gasteiger partial charge in [-0.3, -0.25) is 9.59 Å². The van der Waals surface area contributed by atoms with Crippen LogP contribution in [0.3, 0.4) is 0 Å². The van der Waals surface area contributed by atoms with Crippen LogP contribution in [0, 0.1) is 5.92 Å². The lowest BCUT2D eigenvalue weighted by atomic mass is 10.4. The minimum absolute atomic E-state index is 0.0128. The maximum absolute atomic E-state index is 12.1. The summed E-state index contributed by atoms with van der Waals surface area (Å²) in [5.41, 5.74) is -0.0470. The van der Waals surface area contributed by atoms with Crippen molar-refractivity contribution in [1.82, 2.24) is 15.1 Å². The number of rotatable bonds is 5. The van der Waals surface area contributed by atoms with Crippen LogP contribution in [-0.4, -0.2) is 29.3 Å². The van der Waals surface area contributed by atoms with E-state index in [1.165, 1.54) is 17.9 Å². The molecular formula is C11H15ClN4O2. The Labute approximate surface area is 109 Å². The molecule has 6 nitrogen and oxygen atoms in total. The number of nitrogens with one attached hydrogen (secondary N) is 2. The third kappa shape index (κ3) is 3.01.